The molecule has 1 aromatic rings. The molecule has 0 spiro atoms. The highest BCUT2D eigenvalue weighted by molar-refractivity contribution is 6.31. The molecule has 0 radical (unpaired) electrons. The van der Waals surface area contributed by atoms with Gasteiger partial charge in [-0.1, -0.05) is 29.8 Å². The zero-order valence-corrected chi connectivity index (χ0v) is 13.8. The Bertz CT molecular complexity index is 398. The van der Waals surface area contributed by atoms with Crippen molar-refractivity contribution >= 4 is 11.6 Å². The number of nitrogens with zero attached hydrogens (tertiary/aromatic N) is 1. The Morgan fingerprint density at radius 2 is 1.79 bits per heavy atom. The van der Waals surface area contributed by atoms with Crippen molar-refractivity contribution in [1.29, 1.82) is 0 Å². The molecule has 0 heterocycles. The molecule has 0 saturated heterocycles. The molecule has 0 aliphatic rings. The molecule has 3 heteroatoms. The fraction of sp³-hybridized carbons (Fsp3) is 0.625. The topological polar surface area (TPSA) is 15.3 Å². The van der Waals surface area contributed by atoms with Gasteiger partial charge in [0.15, 0.2) is 0 Å². The van der Waals surface area contributed by atoms with Gasteiger partial charge >= 0.3 is 0 Å². The Labute approximate surface area is 123 Å². The van der Waals surface area contributed by atoms with Crippen LogP contribution in [0.4, 0.5) is 0 Å². The fourth-order valence-corrected chi connectivity index (χ4v) is 2.31. The first-order valence-electron chi connectivity index (χ1n) is 6.94. The minimum atomic E-state index is 0.155. The predicted molar refractivity (Wildman–Crippen MR) is 84.8 cm³/mol. The molecular weight excluding hydrogens is 256 g/mol. The van der Waals surface area contributed by atoms with E-state index in [1.165, 1.54) is 5.56 Å². The van der Waals surface area contributed by atoms with E-state index in [2.05, 4.69) is 57.9 Å². The van der Waals surface area contributed by atoms with E-state index >= 15 is 0 Å². The van der Waals surface area contributed by atoms with E-state index in [1.807, 2.05) is 18.2 Å². The first-order valence-corrected chi connectivity index (χ1v) is 7.31. The first-order chi connectivity index (χ1) is 8.72. The number of rotatable bonds is 5. The van der Waals surface area contributed by atoms with E-state index in [0.717, 1.165) is 11.6 Å². The van der Waals surface area contributed by atoms with Crippen LogP contribution in [-0.4, -0.2) is 30.1 Å². The van der Waals surface area contributed by atoms with Crippen LogP contribution in [0.3, 0.4) is 0 Å². The number of nitrogens with one attached hydrogen (secondary N) is 1. The van der Waals surface area contributed by atoms with Gasteiger partial charge < -0.3 is 5.32 Å². The number of benzene rings is 1. The van der Waals surface area contributed by atoms with Crippen molar-refractivity contribution in [1.82, 2.24) is 10.2 Å². The second-order valence-corrected chi connectivity index (χ2v) is 6.75. The Kier molecular flexibility index (Phi) is 5.84. The maximum atomic E-state index is 6.28. The van der Waals surface area contributed by atoms with Crippen LogP contribution in [0.25, 0.3) is 0 Å². The summed E-state index contributed by atoms with van der Waals surface area (Å²) in [5.41, 5.74) is 1.34. The SMILES string of the molecule is CC(CNC(C)(C)C)N(C)C(C)c1ccccc1Cl. The van der Waals surface area contributed by atoms with Gasteiger partial charge in [-0.3, -0.25) is 4.90 Å². The average Bonchev–Trinajstić information content (AvgIpc) is 2.34. The fourth-order valence-electron chi connectivity index (χ4n) is 2.01. The standard InChI is InChI=1S/C16H27ClN2/c1-12(11-18-16(3,4)5)19(6)13(2)14-9-7-8-10-15(14)17/h7-10,12-13,18H,11H2,1-6H3. The van der Waals surface area contributed by atoms with Crippen LogP contribution in [0.15, 0.2) is 24.3 Å². The van der Waals surface area contributed by atoms with Crippen LogP contribution >= 0.6 is 11.6 Å². The molecule has 19 heavy (non-hydrogen) atoms. The molecule has 0 amide bonds. The van der Waals surface area contributed by atoms with Gasteiger partial charge in [0.05, 0.1) is 0 Å². The van der Waals surface area contributed by atoms with Crippen molar-refractivity contribution in [3.63, 3.8) is 0 Å². The highest BCUT2D eigenvalue weighted by Crippen LogP contribution is 2.27. The quantitative estimate of drug-likeness (QED) is 0.874. The van der Waals surface area contributed by atoms with Crippen LogP contribution in [0.2, 0.25) is 5.02 Å². The van der Waals surface area contributed by atoms with Crippen LogP contribution in [-0.2, 0) is 0 Å². The van der Waals surface area contributed by atoms with E-state index in [4.69, 9.17) is 11.6 Å². The van der Waals surface area contributed by atoms with Gasteiger partial charge in [0.1, 0.15) is 0 Å². The van der Waals surface area contributed by atoms with Gasteiger partial charge in [0.2, 0.25) is 0 Å². The molecule has 0 bridgehead atoms. The number of likely N-dealkylation sites (N-methyl/N-ethyl adjacent to an activating group) is 1. The minimum Gasteiger partial charge on any atom is -0.311 e. The molecule has 0 saturated carbocycles. The summed E-state index contributed by atoms with van der Waals surface area (Å²) in [5, 5.41) is 4.39. The number of hydrogen-bond acceptors (Lipinski definition) is 2. The molecule has 108 valence electrons. The van der Waals surface area contributed by atoms with Gasteiger partial charge in [-0.05, 0) is 53.3 Å². The maximum Gasteiger partial charge on any atom is 0.0453 e. The van der Waals surface area contributed by atoms with E-state index in [9.17, 15) is 0 Å². The third-order valence-corrected chi connectivity index (χ3v) is 3.93. The third kappa shape index (κ3) is 5.13. The van der Waals surface area contributed by atoms with Crippen molar-refractivity contribution in [2.75, 3.05) is 13.6 Å². The summed E-state index contributed by atoms with van der Waals surface area (Å²) in [6.07, 6.45) is 0. The smallest absolute Gasteiger partial charge is 0.0453 e. The largest absolute Gasteiger partial charge is 0.311 e. The molecule has 1 N–H and O–H groups in total. The maximum absolute atomic E-state index is 6.28. The van der Waals surface area contributed by atoms with Gasteiger partial charge in [0.25, 0.3) is 0 Å². The van der Waals surface area contributed by atoms with Crippen LogP contribution in [0.5, 0.6) is 0 Å². The molecule has 2 nitrogen and oxygen atoms in total. The first kappa shape index (κ1) is 16.5. The minimum absolute atomic E-state index is 0.155. The molecular formula is C16H27ClN2. The van der Waals surface area contributed by atoms with E-state index in [-0.39, 0.29) is 5.54 Å². The van der Waals surface area contributed by atoms with Crippen molar-refractivity contribution in [2.24, 2.45) is 0 Å². The Hall–Kier alpha value is -0.570. The lowest BCUT2D eigenvalue weighted by molar-refractivity contribution is 0.184. The second-order valence-electron chi connectivity index (χ2n) is 6.34. The van der Waals surface area contributed by atoms with Crippen molar-refractivity contribution in [3.05, 3.63) is 34.9 Å². The highest BCUT2D eigenvalue weighted by Gasteiger charge is 2.20. The van der Waals surface area contributed by atoms with Crippen LogP contribution < -0.4 is 5.32 Å². The average molecular weight is 283 g/mol. The summed E-state index contributed by atoms with van der Waals surface area (Å²) in [6.45, 7) is 12.0. The number of halogens is 1. The second kappa shape index (κ2) is 6.74. The van der Waals surface area contributed by atoms with Gasteiger partial charge in [-0.2, -0.15) is 0 Å². The van der Waals surface area contributed by atoms with E-state index in [0.29, 0.717) is 12.1 Å². The molecule has 0 fully saturated rings. The van der Waals surface area contributed by atoms with Gasteiger partial charge in [-0.15, -0.1) is 0 Å². The summed E-state index contributed by atoms with van der Waals surface area (Å²) in [5.74, 6) is 0. The highest BCUT2D eigenvalue weighted by atomic mass is 35.5. The molecule has 0 aliphatic carbocycles. The molecule has 2 atom stereocenters. The summed E-state index contributed by atoms with van der Waals surface area (Å²) in [6, 6.07) is 8.84. The Morgan fingerprint density at radius 3 is 2.32 bits per heavy atom. The molecule has 0 aromatic heterocycles. The summed E-state index contributed by atoms with van der Waals surface area (Å²) >= 11 is 6.28. The normalized spacial score (nSPS) is 15.6. The summed E-state index contributed by atoms with van der Waals surface area (Å²) in [7, 11) is 2.16. The zero-order chi connectivity index (χ0) is 14.6. The lowest BCUT2D eigenvalue weighted by atomic mass is 10.0. The summed E-state index contributed by atoms with van der Waals surface area (Å²) < 4.78 is 0. The third-order valence-electron chi connectivity index (χ3n) is 3.59. The molecule has 0 aliphatic heterocycles. The van der Waals surface area contributed by atoms with Gasteiger partial charge in [0, 0.05) is 29.2 Å². The molecule has 1 rings (SSSR count). The molecule has 1 aromatic carbocycles. The van der Waals surface area contributed by atoms with Crippen LogP contribution in [0, 0.1) is 0 Å². The number of hydrogen-bond donors (Lipinski definition) is 1. The van der Waals surface area contributed by atoms with Crippen molar-refractivity contribution in [2.45, 2.75) is 52.2 Å². The van der Waals surface area contributed by atoms with Gasteiger partial charge in [-0.25, -0.2) is 0 Å². The lowest BCUT2D eigenvalue weighted by Gasteiger charge is -2.33. The lowest BCUT2D eigenvalue weighted by Crippen LogP contribution is -2.45. The monoisotopic (exact) mass is 282 g/mol. The van der Waals surface area contributed by atoms with E-state index < -0.39 is 0 Å². The molecule has 2 unspecified atom stereocenters. The van der Waals surface area contributed by atoms with Crippen molar-refractivity contribution < 1.29 is 0 Å². The van der Waals surface area contributed by atoms with Crippen molar-refractivity contribution in [3.8, 4) is 0 Å². The van der Waals surface area contributed by atoms with Crippen LogP contribution in [0.1, 0.15) is 46.2 Å². The Balaban J connectivity index is 2.66. The van der Waals surface area contributed by atoms with E-state index in [1.54, 1.807) is 0 Å². The Morgan fingerprint density at radius 1 is 1.21 bits per heavy atom. The zero-order valence-electron chi connectivity index (χ0n) is 13.0. The summed E-state index contributed by atoms with van der Waals surface area (Å²) in [4.78, 5) is 2.36. The predicted octanol–water partition coefficient (Wildman–Crippen LogP) is 4.11.